The Balaban J connectivity index is 1.70. The first kappa shape index (κ1) is 15.3. The molecule has 7 heteroatoms. The molecule has 2 aliphatic rings. The van der Waals surface area contributed by atoms with Crippen molar-refractivity contribution >= 4 is 29.9 Å². The van der Waals surface area contributed by atoms with Gasteiger partial charge in [-0.15, -0.1) is 0 Å². The molecular weight excluding hydrogens is 270 g/mol. The van der Waals surface area contributed by atoms with Crippen LogP contribution in [0.25, 0.3) is 0 Å². The Morgan fingerprint density at radius 3 is 2.86 bits per heavy atom. The molecular formula is C14H21N5O2. The third-order valence-corrected chi connectivity index (χ3v) is 3.38. The molecule has 0 aromatic rings. The van der Waals surface area contributed by atoms with Crippen LogP contribution in [-0.4, -0.2) is 36.0 Å². The van der Waals surface area contributed by atoms with Crippen molar-refractivity contribution in [3.63, 3.8) is 0 Å². The first-order chi connectivity index (χ1) is 10.2. The van der Waals surface area contributed by atoms with Crippen LogP contribution in [0, 0.1) is 0 Å². The van der Waals surface area contributed by atoms with Crippen molar-refractivity contribution in [2.45, 2.75) is 57.9 Å². The molecule has 0 aromatic carbocycles. The number of carbonyl (C=O) groups excluding carboxylic acids is 2. The molecule has 0 spiro atoms. The Labute approximate surface area is 124 Å². The summed E-state index contributed by atoms with van der Waals surface area (Å²) in [6, 6.07) is -0.663. The third-order valence-electron chi connectivity index (χ3n) is 3.38. The number of fused-ring (bicyclic) bond motifs is 1. The topological polar surface area (TPSA) is 95.3 Å². The molecule has 0 radical (unpaired) electrons. The number of amides is 2. The zero-order chi connectivity index (χ0) is 15.1. The highest BCUT2D eigenvalue weighted by Gasteiger charge is 2.31. The van der Waals surface area contributed by atoms with Gasteiger partial charge < -0.3 is 0 Å². The van der Waals surface area contributed by atoms with Gasteiger partial charge in [0.25, 0.3) is 5.91 Å². The second-order valence-corrected chi connectivity index (χ2v) is 5.17. The van der Waals surface area contributed by atoms with Gasteiger partial charge in [0.05, 0.1) is 0 Å². The van der Waals surface area contributed by atoms with Crippen LogP contribution in [0.2, 0.25) is 0 Å². The number of unbranched alkanes of at least 4 members (excludes halogenated alkanes) is 5. The van der Waals surface area contributed by atoms with Gasteiger partial charge in [0.1, 0.15) is 6.34 Å². The van der Waals surface area contributed by atoms with Gasteiger partial charge >= 0.3 is 0 Å². The third kappa shape index (κ3) is 4.47. The van der Waals surface area contributed by atoms with Gasteiger partial charge in [-0.3, -0.25) is 25.2 Å². The average molecular weight is 291 g/mol. The number of carbonyl (C=O) groups is 2. The quantitative estimate of drug-likeness (QED) is 0.688. The van der Waals surface area contributed by atoms with Crippen LogP contribution in [0.1, 0.15) is 51.9 Å². The van der Waals surface area contributed by atoms with E-state index in [2.05, 4.69) is 32.5 Å². The number of nitrogens with one attached hydrogen (secondary N) is 2. The molecule has 0 saturated carbocycles. The molecule has 2 heterocycles. The summed E-state index contributed by atoms with van der Waals surface area (Å²) in [5, 5.41) is 5.13. The summed E-state index contributed by atoms with van der Waals surface area (Å²) in [4.78, 5) is 35.3. The fraction of sp³-hybridized carbons (Fsp3) is 0.643. The summed E-state index contributed by atoms with van der Waals surface area (Å²) in [6.07, 6.45) is 8.50. The van der Waals surface area contributed by atoms with Crippen molar-refractivity contribution < 1.29 is 9.59 Å². The van der Waals surface area contributed by atoms with Crippen LogP contribution in [0.5, 0.6) is 0 Å². The molecule has 2 N–H and O–H groups in total. The predicted octanol–water partition coefficient (Wildman–Crippen LogP) is 1.15. The van der Waals surface area contributed by atoms with E-state index in [1.165, 1.54) is 25.6 Å². The molecule has 2 rings (SSSR count). The maximum absolute atomic E-state index is 11.8. The minimum Gasteiger partial charge on any atom is -0.296 e. The van der Waals surface area contributed by atoms with Crippen molar-refractivity contribution in [2.75, 3.05) is 0 Å². The maximum atomic E-state index is 11.8. The van der Waals surface area contributed by atoms with E-state index < -0.39 is 6.04 Å². The minimum atomic E-state index is -0.663. The minimum absolute atomic E-state index is 0.137. The normalized spacial score (nSPS) is 19.7. The molecule has 0 bridgehead atoms. The van der Waals surface area contributed by atoms with Crippen LogP contribution in [0.4, 0.5) is 0 Å². The van der Waals surface area contributed by atoms with Crippen molar-refractivity contribution in [2.24, 2.45) is 15.0 Å². The molecule has 0 saturated heterocycles. The molecule has 114 valence electrons. The Morgan fingerprint density at radius 1 is 1.29 bits per heavy atom. The van der Waals surface area contributed by atoms with Crippen LogP contribution in [0.15, 0.2) is 15.0 Å². The maximum Gasteiger partial charge on any atom is 0.259 e. The number of amidine groups is 1. The van der Waals surface area contributed by atoms with Gasteiger partial charge in [-0.05, 0) is 6.42 Å². The van der Waals surface area contributed by atoms with Crippen molar-refractivity contribution in [3.05, 3.63) is 0 Å². The van der Waals surface area contributed by atoms with Gasteiger partial charge in [0.15, 0.2) is 11.9 Å². The highest BCUT2D eigenvalue weighted by Crippen LogP contribution is 2.08. The zero-order valence-corrected chi connectivity index (χ0v) is 12.3. The molecule has 2 aliphatic heterocycles. The Bertz CT molecular complexity index is 496. The number of hydrogen-bond acceptors (Lipinski definition) is 5. The van der Waals surface area contributed by atoms with E-state index in [-0.39, 0.29) is 17.8 Å². The molecule has 2 amide bonds. The van der Waals surface area contributed by atoms with Crippen molar-refractivity contribution in [1.82, 2.24) is 10.6 Å². The lowest BCUT2D eigenvalue weighted by atomic mass is 10.1. The number of hydrogen-bond donors (Lipinski definition) is 2. The fourth-order valence-corrected chi connectivity index (χ4v) is 2.22. The van der Waals surface area contributed by atoms with E-state index in [9.17, 15) is 9.59 Å². The van der Waals surface area contributed by atoms with Crippen molar-refractivity contribution in [3.8, 4) is 0 Å². The number of guanidine groups is 1. The first-order valence-electron chi connectivity index (χ1n) is 7.49. The van der Waals surface area contributed by atoms with Crippen LogP contribution in [-0.2, 0) is 9.59 Å². The van der Waals surface area contributed by atoms with E-state index in [0.29, 0.717) is 12.3 Å². The van der Waals surface area contributed by atoms with E-state index in [0.717, 1.165) is 19.3 Å². The fourth-order valence-electron chi connectivity index (χ4n) is 2.22. The van der Waals surface area contributed by atoms with Crippen LogP contribution in [0.3, 0.4) is 0 Å². The van der Waals surface area contributed by atoms with Gasteiger partial charge in [0.2, 0.25) is 11.9 Å². The lowest BCUT2D eigenvalue weighted by Crippen LogP contribution is -2.52. The van der Waals surface area contributed by atoms with Gasteiger partial charge in [0, 0.05) is 6.42 Å². The Morgan fingerprint density at radius 2 is 2.05 bits per heavy atom. The largest absolute Gasteiger partial charge is 0.296 e. The molecule has 0 aromatic heterocycles. The highest BCUT2D eigenvalue weighted by atomic mass is 16.2. The summed E-state index contributed by atoms with van der Waals surface area (Å²) in [5.41, 5.74) is 0. The summed E-state index contributed by atoms with van der Waals surface area (Å²) in [6.45, 7) is 2.18. The smallest absolute Gasteiger partial charge is 0.259 e. The SMILES string of the molecule is CCCCCCCCC(=O)NC1=NC2=NC=NC2C(=O)N1. The number of nitrogens with zero attached hydrogens (tertiary/aromatic N) is 3. The summed E-state index contributed by atoms with van der Waals surface area (Å²) >= 11 is 0. The van der Waals surface area contributed by atoms with Gasteiger partial charge in [-0.25, -0.2) is 4.99 Å². The first-order valence-corrected chi connectivity index (χ1v) is 7.49. The lowest BCUT2D eigenvalue weighted by Gasteiger charge is -2.17. The Kier molecular flexibility index (Phi) is 5.59. The number of rotatable bonds is 7. The second kappa shape index (κ2) is 7.66. The standard InChI is InChI=1S/C14H21N5O2/c1-2-3-4-5-6-7-8-10(20)17-14-18-12-11(13(21)19-14)15-9-16-12/h9,11H,2-8H2,1H3,(H2,15,16,17,18,19,20,21). The summed E-state index contributed by atoms with van der Waals surface area (Å²) < 4.78 is 0. The molecule has 1 atom stereocenters. The van der Waals surface area contributed by atoms with E-state index in [1.807, 2.05) is 0 Å². The average Bonchev–Trinajstić information content (AvgIpc) is 2.91. The zero-order valence-electron chi connectivity index (χ0n) is 12.3. The van der Waals surface area contributed by atoms with E-state index >= 15 is 0 Å². The predicted molar refractivity (Wildman–Crippen MR) is 81.4 cm³/mol. The lowest BCUT2D eigenvalue weighted by molar-refractivity contribution is -0.120. The van der Waals surface area contributed by atoms with Crippen LogP contribution >= 0.6 is 0 Å². The summed E-state index contributed by atoms with van der Waals surface area (Å²) in [5.74, 6) is 0.0278. The molecule has 1 unspecified atom stereocenters. The molecule has 0 fully saturated rings. The Hall–Kier alpha value is -2.05. The van der Waals surface area contributed by atoms with Crippen molar-refractivity contribution in [1.29, 1.82) is 0 Å². The summed E-state index contributed by atoms with van der Waals surface area (Å²) in [7, 11) is 0. The monoisotopic (exact) mass is 291 g/mol. The number of aliphatic imine (C=N–C) groups is 3. The van der Waals surface area contributed by atoms with E-state index in [1.54, 1.807) is 0 Å². The highest BCUT2D eigenvalue weighted by molar-refractivity contribution is 6.24. The van der Waals surface area contributed by atoms with Gasteiger partial charge in [-0.2, -0.15) is 4.99 Å². The molecule has 7 nitrogen and oxygen atoms in total. The van der Waals surface area contributed by atoms with Crippen LogP contribution < -0.4 is 10.6 Å². The second-order valence-electron chi connectivity index (χ2n) is 5.17. The van der Waals surface area contributed by atoms with E-state index in [4.69, 9.17) is 0 Å². The molecule has 21 heavy (non-hydrogen) atoms. The van der Waals surface area contributed by atoms with Gasteiger partial charge in [-0.1, -0.05) is 39.0 Å². The molecule has 0 aliphatic carbocycles.